The Hall–Kier alpha value is -1.03. The minimum Gasteiger partial charge on any atom is -0.354 e. The van der Waals surface area contributed by atoms with Crippen molar-refractivity contribution >= 4 is 5.95 Å². The number of nitrogens with zero attached hydrogens (tertiary/aromatic N) is 3. The van der Waals surface area contributed by atoms with Gasteiger partial charge in [0.2, 0.25) is 5.95 Å². The summed E-state index contributed by atoms with van der Waals surface area (Å²) < 4.78 is 2.27. The molecule has 0 amide bonds. The largest absolute Gasteiger partial charge is 0.354 e. The average Bonchev–Trinajstić information content (AvgIpc) is 3.03. The maximum absolute atomic E-state index is 4.40. The summed E-state index contributed by atoms with van der Waals surface area (Å²) in [5.74, 6) is 1.03. The summed E-state index contributed by atoms with van der Waals surface area (Å²) in [4.78, 5) is 6.89. The van der Waals surface area contributed by atoms with Gasteiger partial charge in [0.25, 0.3) is 0 Å². The predicted molar refractivity (Wildman–Crippen MR) is 76.0 cm³/mol. The Morgan fingerprint density at radius 3 is 2.56 bits per heavy atom. The third-order valence-electron chi connectivity index (χ3n) is 3.59. The van der Waals surface area contributed by atoms with Crippen LogP contribution in [0.4, 0.5) is 5.95 Å². The first-order valence-electron chi connectivity index (χ1n) is 7.12. The molecule has 0 spiro atoms. The van der Waals surface area contributed by atoms with Crippen molar-refractivity contribution in [2.75, 3.05) is 18.4 Å². The fraction of sp³-hybridized carbons (Fsp3) is 0.786. The standard InChI is InChI=1S/C14H26N4/c1-11(2)17(12(3)4)9-7-15-14-16-8-10-18(14)13-5-6-13/h8,10-13H,5-7,9H2,1-4H3,(H,15,16). The monoisotopic (exact) mass is 250 g/mol. The van der Waals surface area contributed by atoms with E-state index in [0.717, 1.165) is 19.0 Å². The zero-order valence-corrected chi connectivity index (χ0v) is 12.1. The maximum Gasteiger partial charge on any atom is 0.203 e. The fourth-order valence-corrected chi connectivity index (χ4v) is 2.51. The van der Waals surface area contributed by atoms with Crippen LogP contribution in [0.1, 0.15) is 46.6 Å². The van der Waals surface area contributed by atoms with Crippen LogP contribution < -0.4 is 5.32 Å². The molecule has 0 atom stereocenters. The van der Waals surface area contributed by atoms with E-state index in [2.05, 4.69) is 53.7 Å². The van der Waals surface area contributed by atoms with Gasteiger partial charge in [0.1, 0.15) is 0 Å². The predicted octanol–water partition coefficient (Wildman–Crippen LogP) is 2.75. The van der Waals surface area contributed by atoms with Crippen LogP contribution in [-0.4, -0.2) is 39.6 Å². The molecule has 1 aliphatic carbocycles. The average molecular weight is 250 g/mol. The molecular formula is C14H26N4. The summed E-state index contributed by atoms with van der Waals surface area (Å²) in [5, 5.41) is 3.46. The number of imidazole rings is 1. The van der Waals surface area contributed by atoms with E-state index in [1.54, 1.807) is 0 Å². The number of rotatable bonds is 7. The highest BCUT2D eigenvalue weighted by molar-refractivity contribution is 5.27. The van der Waals surface area contributed by atoms with E-state index in [4.69, 9.17) is 0 Å². The van der Waals surface area contributed by atoms with E-state index >= 15 is 0 Å². The van der Waals surface area contributed by atoms with E-state index in [1.165, 1.54) is 12.8 Å². The van der Waals surface area contributed by atoms with Gasteiger partial charge in [-0.15, -0.1) is 0 Å². The van der Waals surface area contributed by atoms with Crippen molar-refractivity contribution in [3.8, 4) is 0 Å². The lowest BCUT2D eigenvalue weighted by molar-refractivity contribution is 0.182. The molecule has 0 saturated heterocycles. The van der Waals surface area contributed by atoms with E-state index in [-0.39, 0.29) is 0 Å². The molecule has 0 bridgehead atoms. The second kappa shape index (κ2) is 5.74. The first kappa shape index (κ1) is 13.4. The van der Waals surface area contributed by atoms with Crippen molar-refractivity contribution in [2.45, 2.75) is 58.7 Å². The van der Waals surface area contributed by atoms with Gasteiger partial charge in [-0.3, -0.25) is 4.90 Å². The Kier molecular flexibility index (Phi) is 4.27. The molecule has 0 aliphatic heterocycles. The molecule has 2 rings (SSSR count). The van der Waals surface area contributed by atoms with Gasteiger partial charge in [-0.05, 0) is 40.5 Å². The van der Waals surface area contributed by atoms with Crippen LogP contribution in [0.2, 0.25) is 0 Å². The Morgan fingerprint density at radius 2 is 2.00 bits per heavy atom. The van der Waals surface area contributed by atoms with Gasteiger partial charge in [-0.1, -0.05) is 0 Å². The zero-order valence-electron chi connectivity index (χ0n) is 12.1. The molecule has 102 valence electrons. The van der Waals surface area contributed by atoms with E-state index in [9.17, 15) is 0 Å². The van der Waals surface area contributed by atoms with Crippen molar-refractivity contribution < 1.29 is 0 Å². The Labute approximate surface area is 110 Å². The van der Waals surface area contributed by atoms with E-state index < -0.39 is 0 Å². The molecule has 1 saturated carbocycles. The highest BCUT2D eigenvalue weighted by atomic mass is 15.2. The minimum absolute atomic E-state index is 0.593. The number of aromatic nitrogens is 2. The summed E-state index contributed by atoms with van der Waals surface area (Å²) in [6.45, 7) is 11.0. The van der Waals surface area contributed by atoms with Crippen molar-refractivity contribution in [1.82, 2.24) is 14.5 Å². The van der Waals surface area contributed by atoms with Gasteiger partial charge < -0.3 is 9.88 Å². The zero-order chi connectivity index (χ0) is 13.1. The van der Waals surface area contributed by atoms with Crippen LogP contribution in [-0.2, 0) is 0 Å². The molecule has 1 aliphatic rings. The summed E-state index contributed by atoms with van der Waals surface area (Å²) in [7, 11) is 0. The molecule has 0 aromatic carbocycles. The second-order valence-electron chi connectivity index (χ2n) is 5.74. The minimum atomic E-state index is 0.593. The molecule has 18 heavy (non-hydrogen) atoms. The van der Waals surface area contributed by atoms with E-state index in [1.807, 2.05) is 6.20 Å². The maximum atomic E-state index is 4.40. The molecule has 1 fully saturated rings. The van der Waals surface area contributed by atoms with Crippen molar-refractivity contribution in [3.05, 3.63) is 12.4 Å². The van der Waals surface area contributed by atoms with Crippen LogP contribution in [0.5, 0.6) is 0 Å². The third-order valence-corrected chi connectivity index (χ3v) is 3.59. The van der Waals surface area contributed by atoms with Crippen LogP contribution in [0, 0.1) is 0 Å². The highest BCUT2D eigenvalue weighted by Crippen LogP contribution is 2.36. The lowest BCUT2D eigenvalue weighted by Crippen LogP contribution is -2.40. The van der Waals surface area contributed by atoms with Gasteiger partial charge in [0, 0.05) is 43.6 Å². The Bertz CT molecular complexity index is 358. The molecular weight excluding hydrogens is 224 g/mol. The second-order valence-corrected chi connectivity index (χ2v) is 5.74. The molecule has 1 aromatic heterocycles. The molecule has 1 N–H and O–H groups in total. The quantitative estimate of drug-likeness (QED) is 0.808. The van der Waals surface area contributed by atoms with Crippen LogP contribution in [0.15, 0.2) is 12.4 Å². The lowest BCUT2D eigenvalue weighted by Gasteiger charge is -2.30. The van der Waals surface area contributed by atoms with Gasteiger partial charge in [0.15, 0.2) is 0 Å². The number of nitrogens with one attached hydrogen (secondary N) is 1. The smallest absolute Gasteiger partial charge is 0.203 e. The summed E-state index contributed by atoms with van der Waals surface area (Å²) in [6, 6.07) is 1.88. The fourth-order valence-electron chi connectivity index (χ4n) is 2.51. The number of hydrogen-bond acceptors (Lipinski definition) is 3. The lowest BCUT2D eigenvalue weighted by atomic mass is 10.2. The Balaban J connectivity index is 1.82. The van der Waals surface area contributed by atoms with Crippen molar-refractivity contribution in [2.24, 2.45) is 0 Å². The summed E-state index contributed by atoms with van der Waals surface area (Å²) >= 11 is 0. The third kappa shape index (κ3) is 3.25. The normalized spacial score (nSPS) is 15.9. The topological polar surface area (TPSA) is 33.1 Å². The molecule has 0 radical (unpaired) electrons. The summed E-state index contributed by atoms with van der Waals surface area (Å²) in [6.07, 6.45) is 6.58. The molecule has 4 nitrogen and oxygen atoms in total. The highest BCUT2D eigenvalue weighted by Gasteiger charge is 2.25. The first-order valence-corrected chi connectivity index (χ1v) is 7.12. The molecule has 1 aromatic rings. The molecule has 4 heteroatoms. The molecule has 0 unspecified atom stereocenters. The van der Waals surface area contributed by atoms with Gasteiger partial charge in [-0.25, -0.2) is 4.98 Å². The van der Waals surface area contributed by atoms with Gasteiger partial charge in [0.05, 0.1) is 0 Å². The molecule has 1 heterocycles. The SMILES string of the molecule is CC(C)N(CCNc1nccn1C1CC1)C(C)C. The van der Waals surface area contributed by atoms with Crippen LogP contribution in [0.25, 0.3) is 0 Å². The summed E-state index contributed by atoms with van der Waals surface area (Å²) in [5.41, 5.74) is 0. The van der Waals surface area contributed by atoms with Gasteiger partial charge in [-0.2, -0.15) is 0 Å². The van der Waals surface area contributed by atoms with Crippen molar-refractivity contribution in [1.29, 1.82) is 0 Å². The van der Waals surface area contributed by atoms with Crippen LogP contribution in [0.3, 0.4) is 0 Å². The van der Waals surface area contributed by atoms with E-state index in [0.29, 0.717) is 18.1 Å². The number of hydrogen-bond donors (Lipinski definition) is 1. The van der Waals surface area contributed by atoms with Gasteiger partial charge >= 0.3 is 0 Å². The first-order chi connectivity index (χ1) is 8.59. The van der Waals surface area contributed by atoms with Crippen LogP contribution >= 0.6 is 0 Å². The van der Waals surface area contributed by atoms with Crippen molar-refractivity contribution in [3.63, 3.8) is 0 Å². The number of anilines is 1. The Morgan fingerprint density at radius 1 is 1.33 bits per heavy atom.